The van der Waals surface area contributed by atoms with Crippen molar-refractivity contribution >= 4 is 11.9 Å². The first kappa shape index (κ1) is 18.0. The molecular weight excluding hydrogens is 278 g/mol. The number of esters is 1. The van der Waals surface area contributed by atoms with E-state index in [1.165, 1.54) is 0 Å². The van der Waals surface area contributed by atoms with Gasteiger partial charge in [0.1, 0.15) is 11.3 Å². The van der Waals surface area contributed by atoms with E-state index >= 15 is 0 Å². The predicted octanol–water partition coefficient (Wildman–Crippen LogP) is 3.57. The molecule has 0 radical (unpaired) electrons. The Morgan fingerprint density at radius 2 is 1.50 bits per heavy atom. The summed E-state index contributed by atoms with van der Waals surface area (Å²) >= 11 is 0. The first-order chi connectivity index (χ1) is 9.90. The van der Waals surface area contributed by atoms with Crippen LogP contribution in [0.2, 0.25) is 0 Å². The molecule has 0 fully saturated rings. The molecule has 0 aliphatic heterocycles. The first-order valence-corrected chi connectivity index (χ1v) is 7.24. The highest BCUT2D eigenvalue weighted by Crippen LogP contribution is 2.22. The molecule has 0 aliphatic rings. The third-order valence-electron chi connectivity index (χ3n) is 2.92. The van der Waals surface area contributed by atoms with Gasteiger partial charge in [-0.05, 0) is 43.9 Å². The van der Waals surface area contributed by atoms with Crippen molar-refractivity contribution in [3.8, 4) is 0 Å². The van der Waals surface area contributed by atoms with Crippen molar-refractivity contribution in [3.05, 3.63) is 47.7 Å². The molecule has 0 saturated heterocycles. The number of hydrogen-bond donors (Lipinski definition) is 1. The third-order valence-corrected chi connectivity index (χ3v) is 2.92. The number of carbonyl (C=O) groups is 2. The summed E-state index contributed by atoms with van der Waals surface area (Å²) in [6.45, 7) is 15.1. The van der Waals surface area contributed by atoms with Crippen LogP contribution in [0.15, 0.2) is 36.5 Å². The fraction of sp³-hybridized carbons (Fsp3) is 0.444. The molecule has 22 heavy (non-hydrogen) atoms. The van der Waals surface area contributed by atoms with E-state index in [9.17, 15) is 9.59 Å². The maximum absolute atomic E-state index is 12.1. The largest absolute Gasteiger partial charge is 0.455 e. The zero-order chi connectivity index (χ0) is 17.1. The molecule has 4 nitrogen and oxygen atoms in total. The summed E-state index contributed by atoms with van der Waals surface area (Å²) in [5.74, 6) is -1.01. The van der Waals surface area contributed by atoms with Gasteiger partial charge in [-0.15, -0.1) is 0 Å². The molecule has 1 N–H and O–H groups in total. The summed E-state index contributed by atoms with van der Waals surface area (Å²) in [5.41, 5.74) is 0.932. The van der Waals surface area contributed by atoms with E-state index in [0.29, 0.717) is 5.56 Å². The number of amides is 1. The van der Waals surface area contributed by atoms with Crippen LogP contribution in [0.4, 0.5) is 0 Å². The van der Waals surface area contributed by atoms with Gasteiger partial charge in [-0.25, -0.2) is 4.79 Å². The fourth-order valence-electron chi connectivity index (χ4n) is 1.72. The number of benzene rings is 1. The van der Waals surface area contributed by atoms with Crippen LogP contribution in [0.3, 0.4) is 0 Å². The Kier molecular flexibility index (Phi) is 5.17. The Balaban J connectivity index is 2.73. The van der Waals surface area contributed by atoms with Crippen molar-refractivity contribution < 1.29 is 14.3 Å². The van der Waals surface area contributed by atoms with Crippen LogP contribution in [0.5, 0.6) is 0 Å². The lowest BCUT2D eigenvalue weighted by Crippen LogP contribution is -2.32. The summed E-state index contributed by atoms with van der Waals surface area (Å²) in [4.78, 5) is 23.9. The van der Waals surface area contributed by atoms with E-state index in [1.807, 2.05) is 12.1 Å². The van der Waals surface area contributed by atoms with E-state index in [-0.39, 0.29) is 17.0 Å². The molecule has 1 aromatic carbocycles. The lowest BCUT2D eigenvalue weighted by molar-refractivity contribution is -0.150. The zero-order valence-corrected chi connectivity index (χ0v) is 14.2. The van der Waals surface area contributed by atoms with E-state index < -0.39 is 11.6 Å². The highest BCUT2D eigenvalue weighted by atomic mass is 16.6. The molecule has 1 rings (SSSR count). The van der Waals surface area contributed by atoms with Crippen LogP contribution in [-0.4, -0.2) is 17.5 Å². The minimum absolute atomic E-state index is 0.0229. The molecular formula is C18H25NO3. The van der Waals surface area contributed by atoms with Gasteiger partial charge in [0, 0.05) is 5.56 Å². The quantitative estimate of drug-likeness (QED) is 0.686. The van der Waals surface area contributed by atoms with Gasteiger partial charge in [-0.1, -0.05) is 39.5 Å². The summed E-state index contributed by atoms with van der Waals surface area (Å²) < 4.78 is 5.15. The van der Waals surface area contributed by atoms with Crippen molar-refractivity contribution in [3.63, 3.8) is 0 Å². The van der Waals surface area contributed by atoms with E-state index in [0.717, 1.165) is 5.56 Å². The second kappa shape index (κ2) is 6.34. The average molecular weight is 303 g/mol. The molecule has 0 bridgehead atoms. The summed E-state index contributed by atoms with van der Waals surface area (Å²) in [7, 11) is 0. The molecule has 4 heteroatoms. The minimum atomic E-state index is -0.632. The van der Waals surface area contributed by atoms with E-state index in [4.69, 9.17) is 4.74 Å². The van der Waals surface area contributed by atoms with Crippen LogP contribution in [0.1, 0.15) is 57.5 Å². The molecule has 1 amide bonds. The van der Waals surface area contributed by atoms with Crippen molar-refractivity contribution in [2.45, 2.75) is 52.6 Å². The van der Waals surface area contributed by atoms with E-state index in [1.54, 1.807) is 32.9 Å². The molecule has 120 valence electrons. The van der Waals surface area contributed by atoms with Gasteiger partial charge in [0.15, 0.2) is 0 Å². The van der Waals surface area contributed by atoms with Crippen molar-refractivity contribution in [1.29, 1.82) is 0 Å². The Morgan fingerprint density at radius 3 is 1.91 bits per heavy atom. The minimum Gasteiger partial charge on any atom is -0.455 e. The first-order valence-electron chi connectivity index (χ1n) is 7.24. The van der Waals surface area contributed by atoms with Crippen LogP contribution in [0.25, 0.3) is 0 Å². The van der Waals surface area contributed by atoms with E-state index in [2.05, 4.69) is 32.7 Å². The second-order valence-electron chi connectivity index (χ2n) is 7.26. The summed E-state index contributed by atoms with van der Waals surface area (Å²) in [5, 5.41) is 2.47. The zero-order valence-electron chi connectivity index (χ0n) is 14.2. The standard InChI is InChI=1S/C18H25NO3/c1-12(16(21)22-18(5,6)7)19-15(20)13-8-10-14(11-9-13)17(2,3)4/h8-11H,1H2,2-7H3,(H,19,20). The van der Waals surface area contributed by atoms with Gasteiger partial charge in [0.05, 0.1) is 0 Å². The Bertz CT molecular complexity index is 572. The Labute approximate surface area is 132 Å². The maximum atomic E-state index is 12.1. The monoisotopic (exact) mass is 303 g/mol. The van der Waals surface area contributed by atoms with Gasteiger partial charge < -0.3 is 10.1 Å². The van der Waals surface area contributed by atoms with Crippen LogP contribution >= 0.6 is 0 Å². The summed E-state index contributed by atoms with van der Waals surface area (Å²) in [6.07, 6.45) is 0. The molecule has 0 saturated carbocycles. The predicted molar refractivity (Wildman–Crippen MR) is 87.6 cm³/mol. The number of carbonyl (C=O) groups excluding carboxylic acids is 2. The molecule has 0 atom stereocenters. The lowest BCUT2D eigenvalue weighted by atomic mass is 9.87. The van der Waals surface area contributed by atoms with Gasteiger partial charge >= 0.3 is 5.97 Å². The SMILES string of the molecule is C=C(NC(=O)c1ccc(C(C)(C)C)cc1)C(=O)OC(C)(C)C. The average Bonchev–Trinajstić information content (AvgIpc) is 2.35. The molecule has 0 heterocycles. The number of hydrogen-bond acceptors (Lipinski definition) is 3. The highest BCUT2D eigenvalue weighted by molar-refractivity contribution is 6.00. The number of nitrogens with one attached hydrogen (secondary N) is 1. The van der Waals surface area contributed by atoms with Gasteiger partial charge in [0.25, 0.3) is 5.91 Å². The lowest BCUT2D eigenvalue weighted by Gasteiger charge is -2.20. The smallest absolute Gasteiger partial charge is 0.354 e. The van der Waals surface area contributed by atoms with Crippen LogP contribution in [0, 0.1) is 0 Å². The number of ether oxygens (including phenoxy) is 1. The molecule has 0 spiro atoms. The molecule has 0 unspecified atom stereocenters. The number of rotatable bonds is 3. The van der Waals surface area contributed by atoms with Crippen molar-refractivity contribution in [2.75, 3.05) is 0 Å². The Hall–Kier alpha value is -2.10. The van der Waals surface area contributed by atoms with Crippen LogP contribution in [-0.2, 0) is 14.9 Å². The van der Waals surface area contributed by atoms with Crippen molar-refractivity contribution in [1.82, 2.24) is 5.32 Å². The van der Waals surface area contributed by atoms with Gasteiger partial charge in [0.2, 0.25) is 0 Å². The normalized spacial score (nSPS) is 11.7. The molecule has 1 aromatic rings. The highest BCUT2D eigenvalue weighted by Gasteiger charge is 2.20. The van der Waals surface area contributed by atoms with Gasteiger partial charge in [-0.2, -0.15) is 0 Å². The third kappa shape index (κ3) is 5.35. The fourth-order valence-corrected chi connectivity index (χ4v) is 1.72. The second-order valence-corrected chi connectivity index (χ2v) is 7.26. The van der Waals surface area contributed by atoms with Gasteiger partial charge in [-0.3, -0.25) is 4.79 Å². The molecule has 0 aliphatic carbocycles. The topological polar surface area (TPSA) is 55.4 Å². The maximum Gasteiger partial charge on any atom is 0.354 e. The molecule has 0 aromatic heterocycles. The van der Waals surface area contributed by atoms with Crippen molar-refractivity contribution in [2.24, 2.45) is 0 Å². The van der Waals surface area contributed by atoms with Crippen LogP contribution < -0.4 is 5.32 Å². The summed E-state index contributed by atoms with van der Waals surface area (Å²) in [6, 6.07) is 7.28. The Morgan fingerprint density at radius 1 is 1.00 bits per heavy atom.